The highest BCUT2D eigenvalue weighted by atomic mass is 127. The van der Waals surface area contributed by atoms with Gasteiger partial charge >= 0.3 is 0 Å². The zero-order valence-corrected chi connectivity index (χ0v) is 17.3. The molecule has 0 bridgehead atoms. The highest BCUT2D eigenvalue weighted by molar-refractivity contribution is 14.0. The van der Waals surface area contributed by atoms with E-state index < -0.39 is 0 Å². The van der Waals surface area contributed by atoms with Crippen molar-refractivity contribution in [2.45, 2.75) is 20.4 Å². The Labute approximate surface area is 163 Å². The van der Waals surface area contributed by atoms with Crippen LogP contribution in [0, 0.1) is 0 Å². The number of guanidine groups is 1. The van der Waals surface area contributed by atoms with Crippen LogP contribution < -0.4 is 10.6 Å². The molecular formula is C18H32IN5. The molecule has 1 aliphatic rings. The van der Waals surface area contributed by atoms with Crippen molar-refractivity contribution in [2.75, 3.05) is 52.4 Å². The van der Waals surface area contributed by atoms with Crippen molar-refractivity contribution in [1.82, 2.24) is 20.4 Å². The fourth-order valence-corrected chi connectivity index (χ4v) is 2.76. The summed E-state index contributed by atoms with van der Waals surface area (Å²) in [7, 11) is 0. The molecule has 2 N–H and O–H groups in total. The van der Waals surface area contributed by atoms with Crippen LogP contribution in [0.3, 0.4) is 0 Å². The Morgan fingerprint density at radius 1 is 1.00 bits per heavy atom. The van der Waals surface area contributed by atoms with Crippen molar-refractivity contribution in [2.24, 2.45) is 4.99 Å². The molecule has 5 nitrogen and oxygen atoms in total. The SMILES string of the molecule is CCNC(=NCc1ccccc1)NCCN1CCN(CC)CC1.I. The minimum absolute atomic E-state index is 0. The molecule has 0 aliphatic carbocycles. The number of halogens is 1. The first-order valence-corrected chi connectivity index (χ1v) is 8.82. The summed E-state index contributed by atoms with van der Waals surface area (Å²) in [6, 6.07) is 10.4. The Balaban J connectivity index is 0.00000288. The van der Waals surface area contributed by atoms with Crippen LogP contribution in [-0.4, -0.2) is 68.1 Å². The molecule has 6 heteroatoms. The van der Waals surface area contributed by atoms with Crippen LogP contribution in [-0.2, 0) is 6.54 Å². The number of piperazine rings is 1. The minimum atomic E-state index is 0. The molecule has 0 radical (unpaired) electrons. The molecule has 0 unspecified atom stereocenters. The molecule has 1 aromatic carbocycles. The molecule has 0 aromatic heterocycles. The van der Waals surface area contributed by atoms with Crippen molar-refractivity contribution in [3.8, 4) is 0 Å². The van der Waals surface area contributed by atoms with Gasteiger partial charge in [0.05, 0.1) is 6.54 Å². The molecule has 0 atom stereocenters. The number of rotatable bonds is 7. The summed E-state index contributed by atoms with van der Waals surface area (Å²) in [5, 5.41) is 6.77. The third-order valence-corrected chi connectivity index (χ3v) is 4.24. The maximum atomic E-state index is 4.66. The lowest BCUT2D eigenvalue weighted by Gasteiger charge is -2.34. The van der Waals surface area contributed by atoms with Crippen LogP contribution in [0.5, 0.6) is 0 Å². The third kappa shape index (κ3) is 7.81. The molecule has 24 heavy (non-hydrogen) atoms. The lowest BCUT2D eigenvalue weighted by Crippen LogP contribution is -2.49. The molecule has 1 fully saturated rings. The van der Waals surface area contributed by atoms with Crippen molar-refractivity contribution < 1.29 is 0 Å². The van der Waals surface area contributed by atoms with Crippen molar-refractivity contribution in [1.29, 1.82) is 0 Å². The number of nitrogens with zero attached hydrogens (tertiary/aromatic N) is 3. The molecule has 2 rings (SSSR count). The average molecular weight is 445 g/mol. The first kappa shape index (κ1) is 21.2. The fraction of sp³-hybridized carbons (Fsp3) is 0.611. The van der Waals surface area contributed by atoms with Gasteiger partial charge in [0.2, 0.25) is 0 Å². The van der Waals surface area contributed by atoms with E-state index in [1.54, 1.807) is 0 Å². The van der Waals surface area contributed by atoms with E-state index in [0.29, 0.717) is 6.54 Å². The second-order valence-electron chi connectivity index (χ2n) is 5.88. The van der Waals surface area contributed by atoms with E-state index in [0.717, 1.165) is 25.6 Å². The van der Waals surface area contributed by atoms with Crippen molar-refractivity contribution >= 4 is 29.9 Å². The Hall–Kier alpha value is -0.860. The predicted octanol–water partition coefficient (Wildman–Crippen LogP) is 2.00. The number of nitrogens with one attached hydrogen (secondary N) is 2. The minimum Gasteiger partial charge on any atom is -0.357 e. The molecule has 0 saturated carbocycles. The van der Waals surface area contributed by atoms with Crippen LogP contribution in [0.1, 0.15) is 19.4 Å². The average Bonchev–Trinajstić information content (AvgIpc) is 2.61. The van der Waals surface area contributed by atoms with Crippen LogP contribution in [0.15, 0.2) is 35.3 Å². The van der Waals surface area contributed by atoms with Gasteiger partial charge in [0.1, 0.15) is 0 Å². The maximum absolute atomic E-state index is 4.66. The Kier molecular flexibility index (Phi) is 11.0. The first-order valence-electron chi connectivity index (χ1n) is 8.82. The third-order valence-electron chi connectivity index (χ3n) is 4.24. The zero-order chi connectivity index (χ0) is 16.3. The van der Waals surface area contributed by atoms with Crippen molar-refractivity contribution in [3.05, 3.63) is 35.9 Å². The van der Waals surface area contributed by atoms with E-state index >= 15 is 0 Å². The number of aliphatic imine (C=N–C) groups is 1. The second-order valence-corrected chi connectivity index (χ2v) is 5.88. The highest BCUT2D eigenvalue weighted by Gasteiger charge is 2.14. The Morgan fingerprint density at radius 2 is 1.67 bits per heavy atom. The summed E-state index contributed by atoms with van der Waals surface area (Å²) in [6.45, 7) is 13.9. The molecule has 0 spiro atoms. The lowest BCUT2D eigenvalue weighted by molar-refractivity contribution is 0.139. The first-order chi connectivity index (χ1) is 11.3. The van der Waals surface area contributed by atoms with Gasteiger partial charge in [0.15, 0.2) is 5.96 Å². The quantitative estimate of drug-likeness (QED) is 0.383. The molecule has 1 aromatic rings. The number of likely N-dealkylation sites (N-methyl/N-ethyl adjacent to an activating group) is 1. The van der Waals surface area contributed by atoms with Gasteiger partial charge in [0, 0.05) is 45.8 Å². The van der Waals surface area contributed by atoms with E-state index in [-0.39, 0.29) is 24.0 Å². The fourth-order valence-electron chi connectivity index (χ4n) is 2.76. The van der Waals surface area contributed by atoms with Gasteiger partial charge in [-0.25, -0.2) is 4.99 Å². The van der Waals surface area contributed by atoms with E-state index in [4.69, 9.17) is 0 Å². The summed E-state index contributed by atoms with van der Waals surface area (Å²) in [6.07, 6.45) is 0. The number of benzene rings is 1. The molecule has 0 amide bonds. The largest absolute Gasteiger partial charge is 0.357 e. The van der Waals surface area contributed by atoms with Gasteiger partial charge < -0.3 is 15.5 Å². The summed E-state index contributed by atoms with van der Waals surface area (Å²) in [5.74, 6) is 0.906. The standard InChI is InChI=1S/C18H31N5.HI/c1-3-19-18(21-16-17-8-6-5-7-9-17)20-10-11-23-14-12-22(4-2)13-15-23;/h5-9H,3-4,10-16H2,1-2H3,(H2,19,20,21);1H. The van der Waals surface area contributed by atoms with Gasteiger partial charge in [-0.1, -0.05) is 37.3 Å². The smallest absolute Gasteiger partial charge is 0.191 e. The van der Waals surface area contributed by atoms with E-state index in [9.17, 15) is 0 Å². The van der Waals surface area contributed by atoms with Crippen LogP contribution in [0.2, 0.25) is 0 Å². The maximum Gasteiger partial charge on any atom is 0.191 e. The molecule has 136 valence electrons. The monoisotopic (exact) mass is 445 g/mol. The van der Waals surface area contributed by atoms with E-state index in [2.05, 4.69) is 63.5 Å². The van der Waals surface area contributed by atoms with Crippen LogP contribution in [0.25, 0.3) is 0 Å². The summed E-state index contributed by atoms with van der Waals surface area (Å²) < 4.78 is 0. The molecule has 1 saturated heterocycles. The normalized spacial score (nSPS) is 16.5. The van der Waals surface area contributed by atoms with E-state index in [1.165, 1.54) is 38.3 Å². The van der Waals surface area contributed by atoms with Gasteiger partial charge in [-0.2, -0.15) is 0 Å². The summed E-state index contributed by atoms with van der Waals surface area (Å²) in [5.41, 5.74) is 1.24. The lowest BCUT2D eigenvalue weighted by atomic mass is 10.2. The Morgan fingerprint density at radius 3 is 2.29 bits per heavy atom. The number of hydrogen-bond donors (Lipinski definition) is 2. The summed E-state index contributed by atoms with van der Waals surface area (Å²) in [4.78, 5) is 9.70. The number of hydrogen-bond acceptors (Lipinski definition) is 3. The van der Waals surface area contributed by atoms with Gasteiger partial charge in [-0.3, -0.25) is 4.90 Å². The predicted molar refractivity (Wildman–Crippen MR) is 113 cm³/mol. The molecule has 1 aliphatic heterocycles. The highest BCUT2D eigenvalue weighted by Crippen LogP contribution is 2.01. The molecular weight excluding hydrogens is 413 g/mol. The summed E-state index contributed by atoms with van der Waals surface area (Å²) >= 11 is 0. The van der Waals surface area contributed by atoms with Crippen LogP contribution >= 0.6 is 24.0 Å². The van der Waals surface area contributed by atoms with Gasteiger partial charge in [0.25, 0.3) is 0 Å². The van der Waals surface area contributed by atoms with Crippen LogP contribution in [0.4, 0.5) is 0 Å². The molecule has 1 heterocycles. The van der Waals surface area contributed by atoms with Gasteiger partial charge in [-0.05, 0) is 19.0 Å². The zero-order valence-electron chi connectivity index (χ0n) is 15.0. The second kappa shape index (κ2) is 12.5. The van der Waals surface area contributed by atoms with Crippen molar-refractivity contribution in [3.63, 3.8) is 0 Å². The Bertz CT molecular complexity index is 458. The van der Waals surface area contributed by atoms with Gasteiger partial charge in [-0.15, -0.1) is 24.0 Å². The topological polar surface area (TPSA) is 42.9 Å². The van der Waals surface area contributed by atoms with E-state index in [1.807, 2.05) is 6.07 Å².